The summed E-state index contributed by atoms with van der Waals surface area (Å²) < 4.78 is 32.0. The summed E-state index contributed by atoms with van der Waals surface area (Å²) in [5.74, 6) is 0.722. The van der Waals surface area contributed by atoms with Crippen LogP contribution in [0.15, 0.2) is 24.3 Å². The summed E-state index contributed by atoms with van der Waals surface area (Å²) in [5, 5.41) is 3.18. The fraction of sp³-hybridized carbons (Fsp3) is 0.571. The molecular weight excluding hydrogens is 250 g/mol. The zero-order valence-corrected chi connectivity index (χ0v) is 11.1. The largest absolute Gasteiger partial charge is 0.494 e. The van der Waals surface area contributed by atoms with E-state index in [-0.39, 0.29) is 0 Å². The van der Waals surface area contributed by atoms with Crippen LogP contribution in [0.3, 0.4) is 0 Å². The average molecular weight is 270 g/mol. The van der Waals surface area contributed by atoms with E-state index in [4.69, 9.17) is 4.74 Å². The number of ether oxygens (including phenoxy) is 1. The number of hydrogen-bond acceptors (Lipinski definition) is 3. The maximum absolute atomic E-state index is 13.3. The third kappa shape index (κ3) is 3.64. The van der Waals surface area contributed by atoms with E-state index in [2.05, 4.69) is 5.32 Å². The van der Waals surface area contributed by atoms with E-state index in [9.17, 15) is 8.78 Å². The van der Waals surface area contributed by atoms with E-state index in [0.717, 1.165) is 18.8 Å². The normalized spacial score (nSPS) is 18.5. The standard InChI is InChI=1S/C14H20F2N2O/c1-2-19-12-5-3-11(4-6-12)13(14(15)16)18-9-7-17-8-10-18/h3-6,13-14,17H,2,7-10H2,1H3/t13-/m0/s1. The molecule has 1 saturated heterocycles. The second-order valence-electron chi connectivity index (χ2n) is 4.57. The lowest BCUT2D eigenvalue weighted by Gasteiger charge is -2.34. The van der Waals surface area contributed by atoms with Crippen molar-refractivity contribution in [3.05, 3.63) is 29.8 Å². The second kappa shape index (κ2) is 6.82. The fourth-order valence-corrected chi connectivity index (χ4v) is 2.40. The topological polar surface area (TPSA) is 24.5 Å². The molecule has 1 aliphatic rings. The van der Waals surface area contributed by atoms with Gasteiger partial charge in [0, 0.05) is 26.2 Å². The molecule has 106 valence electrons. The zero-order valence-electron chi connectivity index (χ0n) is 11.1. The summed E-state index contributed by atoms with van der Waals surface area (Å²) in [6.07, 6.45) is -2.38. The summed E-state index contributed by atoms with van der Waals surface area (Å²) in [6, 6.07) is 6.18. The molecule has 0 bridgehead atoms. The Bertz CT molecular complexity index is 378. The number of halogens is 2. The van der Waals surface area contributed by atoms with Gasteiger partial charge in [0.1, 0.15) is 5.75 Å². The van der Waals surface area contributed by atoms with Crippen molar-refractivity contribution in [2.75, 3.05) is 32.8 Å². The third-order valence-electron chi connectivity index (χ3n) is 3.32. The second-order valence-corrected chi connectivity index (χ2v) is 4.57. The molecule has 0 aromatic heterocycles. The molecule has 3 nitrogen and oxygen atoms in total. The van der Waals surface area contributed by atoms with E-state index in [0.29, 0.717) is 25.3 Å². The Morgan fingerprint density at radius 3 is 2.37 bits per heavy atom. The maximum atomic E-state index is 13.3. The van der Waals surface area contributed by atoms with Crippen molar-refractivity contribution in [1.82, 2.24) is 10.2 Å². The van der Waals surface area contributed by atoms with Crippen LogP contribution >= 0.6 is 0 Å². The first kappa shape index (κ1) is 14.2. The number of piperazine rings is 1. The molecule has 1 heterocycles. The Hall–Kier alpha value is -1.20. The highest BCUT2D eigenvalue weighted by molar-refractivity contribution is 5.29. The Morgan fingerprint density at radius 1 is 1.21 bits per heavy atom. The highest BCUT2D eigenvalue weighted by Crippen LogP contribution is 2.29. The minimum Gasteiger partial charge on any atom is -0.494 e. The van der Waals surface area contributed by atoms with E-state index in [1.54, 1.807) is 24.3 Å². The summed E-state index contributed by atoms with van der Waals surface area (Å²) in [4.78, 5) is 1.84. The predicted octanol–water partition coefficient (Wildman–Crippen LogP) is 2.30. The quantitative estimate of drug-likeness (QED) is 0.888. The lowest BCUT2D eigenvalue weighted by Crippen LogP contribution is -2.46. The summed E-state index contributed by atoms with van der Waals surface area (Å²) in [5.41, 5.74) is 0.653. The molecule has 0 spiro atoms. The number of nitrogens with one attached hydrogen (secondary N) is 1. The van der Waals surface area contributed by atoms with Gasteiger partial charge in [0.05, 0.1) is 12.6 Å². The molecule has 2 rings (SSSR count). The first-order valence-electron chi connectivity index (χ1n) is 6.68. The van der Waals surface area contributed by atoms with Gasteiger partial charge >= 0.3 is 0 Å². The molecule has 1 N–H and O–H groups in total. The molecule has 19 heavy (non-hydrogen) atoms. The van der Waals surface area contributed by atoms with E-state index in [1.165, 1.54) is 0 Å². The van der Waals surface area contributed by atoms with Crippen molar-refractivity contribution in [3.63, 3.8) is 0 Å². The van der Waals surface area contributed by atoms with Crippen LogP contribution in [-0.2, 0) is 0 Å². The molecule has 0 unspecified atom stereocenters. The van der Waals surface area contributed by atoms with Gasteiger partial charge in [-0.25, -0.2) is 8.78 Å². The third-order valence-corrected chi connectivity index (χ3v) is 3.32. The van der Waals surface area contributed by atoms with Crippen molar-refractivity contribution in [2.24, 2.45) is 0 Å². The molecule has 1 atom stereocenters. The smallest absolute Gasteiger partial charge is 0.258 e. The molecule has 0 saturated carbocycles. The average Bonchev–Trinajstić information content (AvgIpc) is 2.42. The van der Waals surface area contributed by atoms with Gasteiger partial charge in [0.15, 0.2) is 0 Å². The van der Waals surface area contributed by atoms with Crippen molar-refractivity contribution >= 4 is 0 Å². The number of hydrogen-bond donors (Lipinski definition) is 1. The van der Waals surface area contributed by atoms with Crippen LogP contribution in [0.4, 0.5) is 8.78 Å². The summed E-state index contributed by atoms with van der Waals surface area (Å²) in [7, 11) is 0. The molecule has 1 aromatic carbocycles. The number of nitrogens with zero attached hydrogens (tertiary/aromatic N) is 1. The van der Waals surface area contributed by atoms with Crippen LogP contribution in [0.2, 0.25) is 0 Å². The first-order valence-corrected chi connectivity index (χ1v) is 6.68. The van der Waals surface area contributed by atoms with Gasteiger partial charge in [0.25, 0.3) is 6.43 Å². The molecule has 1 aromatic rings. The lowest BCUT2D eigenvalue weighted by atomic mass is 10.0. The molecular formula is C14H20F2N2O. The summed E-state index contributed by atoms with van der Waals surface area (Å²) >= 11 is 0. The number of rotatable bonds is 5. The Kier molecular flexibility index (Phi) is 5.10. The monoisotopic (exact) mass is 270 g/mol. The molecule has 5 heteroatoms. The van der Waals surface area contributed by atoms with Crippen molar-refractivity contribution in [3.8, 4) is 5.75 Å². The van der Waals surface area contributed by atoms with Crippen LogP contribution in [0.25, 0.3) is 0 Å². The van der Waals surface area contributed by atoms with Crippen molar-refractivity contribution < 1.29 is 13.5 Å². The highest BCUT2D eigenvalue weighted by Gasteiger charge is 2.29. The van der Waals surface area contributed by atoms with Gasteiger partial charge in [-0.3, -0.25) is 4.90 Å². The Morgan fingerprint density at radius 2 is 1.84 bits per heavy atom. The Balaban J connectivity index is 2.13. The molecule has 1 fully saturated rings. The van der Waals surface area contributed by atoms with Gasteiger partial charge in [-0.2, -0.15) is 0 Å². The maximum Gasteiger partial charge on any atom is 0.258 e. The van der Waals surface area contributed by atoms with Gasteiger partial charge < -0.3 is 10.1 Å². The van der Waals surface area contributed by atoms with Crippen LogP contribution in [0.1, 0.15) is 18.5 Å². The molecule has 0 amide bonds. The highest BCUT2D eigenvalue weighted by atomic mass is 19.3. The van der Waals surface area contributed by atoms with Crippen LogP contribution in [0.5, 0.6) is 5.75 Å². The van der Waals surface area contributed by atoms with Gasteiger partial charge in [-0.15, -0.1) is 0 Å². The first-order chi connectivity index (χ1) is 9.22. The SMILES string of the molecule is CCOc1ccc([C@@H](C(F)F)N2CCNCC2)cc1. The zero-order chi connectivity index (χ0) is 13.7. The van der Waals surface area contributed by atoms with Crippen LogP contribution in [0, 0.1) is 0 Å². The van der Waals surface area contributed by atoms with E-state index < -0.39 is 12.5 Å². The van der Waals surface area contributed by atoms with Gasteiger partial charge in [0.2, 0.25) is 0 Å². The summed E-state index contributed by atoms with van der Waals surface area (Å²) in [6.45, 7) is 5.32. The van der Waals surface area contributed by atoms with Crippen LogP contribution in [-0.4, -0.2) is 44.1 Å². The van der Waals surface area contributed by atoms with Crippen molar-refractivity contribution in [2.45, 2.75) is 19.4 Å². The van der Waals surface area contributed by atoms with E-state index in [1.807, 2.05) is 11.8 Å². The number of alkyl halides is 2. The number of benzene rings is 1. The molecule has 1 aliphatic heterocycles. The fourth-order valence-electron chi connectivity index (χ4n) is 2.40. The van der Waals surface area contributed by atoms with Crippen LogP contribution < -0.4 is 10.1 Å². The van der Waals surface area contributed by atoms with E-state index >= 15 is 0 Å². The van der Waals surface area contributed by atoms with Gasteiger partial charge in [-0.05, 0) is 24.6 Å². The molecule has 0 radical (unpaired) electrons. The van der Waals surface area contributed by atoms with Gasteiger partial charge in [-0.1, -0.05) is 12.1 Å². The van der Waals surface area contributed by atoms with Crippen molar-refractivity contribution in [1.29, 1.82) is 0 Å². The molecule has 0 aliphatic carbocycles. The minimum atomic E-state index is -2.38. The Labute approximate surface area is 112 Å². The minimum absolute atomic E-state index is 0.579. The lowest BCUT2D eigenvalue weighted by molar-refractivity contribution is 0.0181. The predicted molar refractivity (Wildman–Crippen MR) is 70.8 cm³/mol.